The van der Waals surface area contributed by atoms with Crippen LogP contribution in [-0.2, 0) is 6.54 Å². The standard InChI is InChI=1S/C33H46N2O3S/c1-4-5-6-7-8-9-10-11-12-13-14-15-21-38-32-23-30(37-3)19-20-31(32)33(36)34-29-18-16-17-28(22-29)25-35-24-27(2)39-26-35/h16-20,22-24,26H,4-15,21,25H2,1-3H3/p+1. The third-order valence-corrected chi connectivity index (χ3v) is 7.81. The van der Waals surface area contributed by atoms with Crippen molar-refractivity contribution in [2.45, 2.75) is 97.4 Å². The van der Waals surface area contributed by atoms with Gasteiger partial charge in [-0.05, 0) is 37.6 Å². The second-order valence-corrected chi connectivity index (χ2v) is 11.5. The number of aryl methyl sites for hydroxylation is 1. The van der Waals surface area contributed by atoms with Gasteiger partial charge in [0.2, 0.25) is 5.51 Å². The summed E-state index contributed by atoms with van der Waals surface area (Å²) in [6.45, 7) is 5.73. The molecule has 212 valence electrons. The van der Waals surface area contributed by atoms with Crippen LogP contribution in [0.15, 0.2) is 54.2 Å². The van der Waals surface area contributed by atoms with Gasteiger partial charge in [0.05, 0.1) is 24.2 Å². The summed E-state index contributed by atoms with van der Waals surface area (Å²) in [5, 5.41) is 3.05. The van der Waals surface area contributed by atoms with Crippen molar-refractivity contribution in [2.24, 2.45) is 0 Å². The molecule has 2 aromatic carbocycles. The first-order valence-corrected chi connectivity index (χ1v) is 15.6. The quantitative estimate of drug-likeness (QED) is 0.120. The number of ether oxygens (including phenoxy) is 2. The third kappa shape index (κ3) is 11.4. The molecule has 0 unspecified atom stereocenters. The van der Waals surface area contributed by atoms with Gasteiger partial charge in [-0.1, -0.05) is 101 Å². The van der Waals surface area contributed by atoms with Crippen LogP contribution < -0.4 is 19.4 Å². The zero-order chi connectivity index (χ0) is 27.7. The smallest absolute Gasteiger partial charge is 0.259 e. The predicted molar refractivity (Wildman–Crippen MR) is 162 cm³/mol. The molecule has 5 nitrogen and oxygen atoms in total. The number of thiazole rings is 1. The van der Waals surface area contributed by atoms with Gasteiger partial charge in [0.15, 0.2) is 12.7 Å². The van der Waals surface area contributed by atoms with Crippen LogP contribution in [0.5, 0.6) is 11.5 Å². The van der Waals surface area contributed by atoms with Gasteiger partial charge >= 0.3 is 0 Å². The maximum Gasteiger partial charge on any atom is 0.259 e. The van der Waals surface area contributed by atoms with Gasteiger partial charge in [0.1, 0.15) is 11.5 Å². The average molecular weight is 552 g/mol. The summed E-state index contributed by atoms with van der Waals surface area (Å²) >= 11 is 1.73. The van der Waals surface area contributed by atoms with Gasteiger partial charge in [-0.15, -0.1) is 0 Å². The van der Waals surface area contributed by atoms with E-state index < -0.39 is 0 Å². The van der Waals surface area contributed by atoms with Crippen LogP contribution in [0.2, 0.25) is 0 Å². The second-order valence-electron chi connectivity index (χ2n) is 10.4. The molecule has 39 heavy (non-hydrogen) atoms. The number of amides is 1. The first kappa shape index (κ1) is 30.7. The summed E-state index contributed by atoms with van der Waals surface area (Å²) in [6, 6.07) is 13.4. The number of unbranched alkanes of at least 4 members (excludes halogenated alkanes) is 11. The summed E-state index contributed by atoms with van der Waals surface area (Å²) < 4.78 is 13.6. The molecule has 0 aliphatic heterocycles. The highest BCUT2D eigenvalue weighted by atomic mass is 32.1. The van der Waals surface area contributed by atoms with Crippen LogP contribution in [0, 0.1) is 6.92 Å². The monoisotopic (exact) mass is 551 g/mol. The van der Waals surface area contributed by atoms with Crippen molar-refractivity contribution in [1.29, 1.82) is 0 Å². The van der Waals surface area contributed by atoms with Gasteiger partial charge in [-0.3, -0.25) is 4.79 Å². The predicted octanol–water partition coefficient (Wildman–Crippen LogP) is 8.73. The van der Waals surface area contributed by atoms with Gasteiger partial charge in [0, 0.05) is 17.3 Å². The number of anilines is 1. The number of aromatic nitrogens is 1. The van der Waals surface area contributed by atoms with Crippen LogP contribution in [0.1, 0.15) is 105 Å². The number of hydrogen-bond acceptors (Lipinski definition) is 4. The minimum atomic E-state index is -0.182. The Hall–Kier alpha value is -2.86. The molecule has 1 N–H and O–H groups in total. The van der Waals surface area contributed by atoms with Crippen LogP contribution in [0.3, 0.4) is 0 Å². The van der Waals surface area contributed by atoms with E-state index in [2.05, 4.69) is 41.5 Å². The highest BCUT2D eigenvalue weighted by Gasteiger charge is 2.15. The molecule has 6 heteroatoms. The first-order chi connectivity index (χ1) is 19.1. The maximum absolute atomic E-state index is 13.2. The summed E-state index contributed by atoms with van der Waals surface area (Å²) in [5.41, 5.74) is 4.53. The molecule has 0 fully saturated rings. The Balaban J connectivity index is 1.43. The molecule has 0 aliphatic rings. The van der Waals surface area contributed by atoms with Crippen molar-refractivity contribution in [2.75, 3.05) is 19.0 Å². The SMILES string of the molecule is CCCCCCCCCCCCCCOc1cc(OC)ccc1C(=O)Nc1cccc(C[n+]2csc(C)c2)c1. The van der Waals surface area contributed by atoms with Crippen LogP contribution in [0.25, 0.3) is 0 Å². The number of nitrogens with zero attached hydrogens (tertiary/aromatic N) is 1. The van der Waals surface area contributed by atoms with Crippen molar-refractivity contribution < 1.29 is 18.8 Å². The van der Waals surface area contributed by atoms with E-state index in [0.29, 0.717) is 23.7 Å². The Kier molecular flexibility index (Phi) is 13.9. The Morgan fingerprint density at radius 3 is 2.23 bits per heavy atom. The molecule has 1 aromatic heterocycles. The summed E-state index contributed by atoms with van der Waals surface area (Å²) in [5.74, 6) is 1.07. The molecular formula is C33H47N2O3S+. The number of carbonyl (C=O) groups excluding carboxylic acids is 1. The molecule has 3 rings (SSSR count). The van der Waals surface area contributed by atoms with Crippen LogP contribution in [0.4, 0.5) is 5.69 Å². The highest BCUT2D eigenvalue weighted by Crippen LogP contribution is 2.26. The number of hydrogen-bond donors (Lipinski definition) is 1. The second kappa shape index (κ2) is 17.7. The minimum absolute atomic E-state index is 0.182. The lowest BCUT2D eigenvalue weighted by molar-refractivity contribution is -0.683. The average Bonchev–Trinajstić information content (AvgIpc) is 3.35. The number of nitrogens with one attached hydrogen (secondary N) is 1. The highest BCUT2D eigenvalue weighted by molar-refractivity contribution is 7.09. The third-order valence-electron chi connectivity index (χ3n) is 6.96. The number of benzene rings is 2. The number of methoxy groups -OCH3 is 1. The van der Waals surface area contributed by atoms with E-state index in [0.717, 1.165) is 30.6 Å². The Labute approximate surface area is 239 Å². The topological polar surface area (TPSA) is 51.4 Å². The van der Waals surface area contributed by atoms with E-state index in [1.807, 2.05) is 18.2 Å². The van der Waals surface area contributed by atoms with Crippen LogP contribution in [-0.4, -0.2) is 19.6 Å². The molecule has 0 radical (unpaired) electrons. The zero-order valence-corrected chi connectivity index (χ0v) is 25.0. The lowest BCUT2D eigenvalue weighted by Crippen LogP contribution is -2.30. The molecule has 0 spiro atoms. The van der Waals surface area contributed by atoms with E-state index in [-0.39, 0.29) is 5.91 Å². The van der Waals surface area contributed by atoms with Crippen molar-refractivity contribution >= 4 is 22.9 Å². The maximum atomic E-state index is 13.2. The lowest BCUT2D eigenvalue weighted by Gasteiger charge is -2.13. The van der Waals surface area contributed by atoms with Gasteiger partial charge in [-0.2, -0.15) is 4.57 Å². The molecule has 0 saturated carbocycles. The molecule has 3 aromatic rings. The normalized spacial score (nSPS) is 10.9. The van der Waals surface area contributed by atoms with E-state index in [9.17, 15) is 4.79 Å². The van der Waals surface area contributed by atoms with Crippen molar-refractivity contribution in [3.05, 3.63) is 70.2 Å². The number of rotatable bonds is 19. The summed E-state index contributed by atoms with van der Waals surface area (Å²) in [6.07, 6.45) is 17.8. The largest absolute Gasteiger partial charge is 0.497 e. The molecule has 1 heterocycles. The van der Waals surface area contributed by atoms with Crippen molar-refractivity contribution in [3.8, 4) is 11.5 Å². The minimum Gasteiger partial charge on any atom is -0.497 e. The van der Waals surface area contributed by atoms with E-state index in [4.69, 9.17) is 9.47 Å². The molecular weight excluding hydrogens is 504 g/mol. The summed E-state index contributed by atoms with van der Waals surface area (Å²) in [7, 11) is 1.63. The molecule has 1 amide bonds. The van der Waals surface area contributed by atoms with Crippen molar-refractivity contribution in [3.63, 3.8) is 0 Å². The Bertz CT molecular complexity index is 1130. The Morgan fingerprint density at radius 2 is 1.59 bits per heavy atom. The van der Waals surface area contributed by atoms with Crippen molar-refractivity contribution in [1.82, 2.24) is 0 Å². The molecule has 0 aliphatic carbocycles. The van der Waals surface area contributed by atoms with E-state index >= 15 is 0 Å². The van der Waals surface area contributed by atoms with Gasteiger partial charge < -0.3 is 14.8 Å². The lowest BCUT2D eigenvalue weighted by atomic mass is 10.1. The first-order valence-electron chi connectivity index (χ1n) is 14.7. The van der Waals surface area contributed by atoms with Gasteiger partial charge in [-0.25, -0.2) is 0 Å². The fourth-order valence-corrected chi connectivity index (χ4v) is 5.38. The van der Waals surface area contributed by atoms with Crippen LogP contribution >= 0.6 is 11.3 Å². The molecule has 0 atom stereocenters. The fourth-order valence-electron chi connectivity index (χ4n) is 4.75. The van der Waals surface area contributed by atoms with E-state index in [1.165, 1.54) is 69.1 Å². The fraction of sp³-hybridized carbons (Fsp3) is 0.515. The Morgan fingerprint density at radius 1 is 0.897 bits per heavy atom. The van der Waals surface area contributed by atoms with Gasteiger partial charge in [0.25, 0.3) is 5.91 Å². The zero-order valence-electron chi connectivity index (χ0n) is 24.2. The molecule has 0 bridgehead atoms. The molecule has 0 saturated heterocycles. The van der Waals surface area contributed by atoms with E-state index in [1.54, 1.807) is 36.6 Å². The number of carbonyl (C=O) groups is 1. The summed E-state index contributed by atoms with van der Waals surface area (Å²) in [4.78, 5) is 14.5.